The molecule has 0 saturated heterocycles. The molecule has 0 aromatic heterocycles. The van der Waals surface area contributed by atoms with Crippen LogP contribution in [0.15, 0.2) is 10.1 Å². The first-order valence-corrected chi connectivity index (χ1v) is 4.99. The van der Waals surface area contributed by atoms with Crippen molar-refractivity contribution in [2.24, 2.45) is 0 Å². The monoisotopic (exact) mass is 272 g/mol. The van der Waals surface area contributed by atoms with Gasteiger partial charge in [0, 0.05) is 0 Å². The van der Waals surface area contributed by atoms with Crippen molar-refractivity contribution in [1.29, 1.82) is 0 Å². The Morgan fingerprint density at radius 2 is 1.55 bits per heavy atom. The Labute approximate surface area is 94.3 Å². The number of halogens is 6. The number of hydrogen-bond donors (Lipinski definition) is 0. The van der Waals surface area contributed by atoms with Gasteiger partial charge in [0.1, 0.15) is 0 Å². The molecule has 0 aromatic carbocycles. The van der Waals surface area contributed by atoms with Gasteiger partial charge in [-0.1, -0.05) is 46.4 Å². The molecule has 0 N–H and O–H groups in total. The lowest BCUT2D eigenvalue weighted by atomic mass is 10.3. The van der Waals surface area contributed by atoms with Gasteiger partial charge in [-0.3, -0.25) is 0 Å². The first-order valence-electron chi connectivity index (χ1n) is 2.60. The minimum absolute atomic E-state index is 0.113. The summed E-state index contributed by atoms with van der Waals surface area (Å²) in [7, 11) is 0. The molecule has 0 aliphatic heterocycles. The van der Waals surface area contributed by atoms with Gasteiger partial charge in [0.05, 0.1) is 20.8 Å². The molecule has 1 aliphatic rings. The van der Waals surface area contributed by atoms with Crippen LogP contribution in [0.4, 0.5) is 0 Å². The lowest BCUT2D eigenvalue weighted by molar-refractivity contribution is 0.885. The van der Waals surface area contributed by atoms with E-state index in [1.54, 1.807) is 0 Å². The normalized spacial score (nSPS) is 36.5. The summed E-state index contributed by atoms with van der Waals surface area (Å²) in [6.07, 6.45) is 0. The van der Waals surface area contributed by atoms with Gasteiger partial charge in [-0.2, -0.15) is 0 Å². The van der Waals surface area contributed by atoms with Gasteiger partial charge in [0.2, 0.25) is 0 Å². The second-order valence-corrected chi connectivity index (χ2v) is 5.20. The largest absolute Gasteiger partial charge is 0.172 e. The van der Waals surface area contributed by atoms with Crippen molar-refractivity contribution in [3.63, 3.8) is 0 Å². The summed E-state index contributed by atoms with van der Waals surface area (Å²) < 4.78 is -1.35. The summed E-state index contributed by atoms with van der Waals surface area (Å²) >= 11 is 34.2. The molecule has 0 amide bonds. The Morgan fingerprint density at radius 1 is 1.09 bits per heavy atom. The van der Waals surface area contributed by atoms with Crippen LogP contribution in [0.1, 0.15) is 0 Å². The molecule has 0 saturated carbocycles. The van der Waals surface area contributed by atoms with Crippen LogP contribution < -0.4 is 0 Å². The Hall–Kier alpha value is 1.48. The van der Waals surface area contributed by atoms with E-state index in [-0.39, 0.29) is 10.1 Å². The first-order chi connectivity index (χ1) is 4.89. The smallest absolute Gasteiger partial charge is 0.117 e. The SMILES string of the molecule is ClC1=C(Cl)C(Cl)(Cl)C(Cl)C1Cl. The fraction of sp³-hybridized carbons (Fsp3) is 0.600. The van der Waals surface area contributed by atoms with Crippen LogP contribution in [0.25, 0.3) is 0 Å². The van der Waals surface area contributed by atoms with Crippen LogP contribution in [0.5, 0.6) is 0 Å². The van der Waals surface area contributed by atoms with Crippen LogP contribution in [0.2, 0.25) is 0 Å². The van der Waals surface area contributed by atoms with E-state index >= 15 is 0 Å². The number of hydrogen-bond acceptors (Lipinski definition) is 0. The number of allylic oxidation sites excluding steroid dienone is 2. The minimum atomic E-state index is -1.35. The summed E-state index contributed by atoms with van der Waals surface area (Å²) in [5, 5.41) is -0.964. The molecule has 11 heavy (non-hydrogen) atoms. The molecule has 6 heteroatoms. The highest BCUT2D eigenvalue weighted by Gasteiger charge is 2.50. The maximum absolute atomic E-state index is 5.74. The summed E-state index contributed by atoms with van der Waals surface area (Å²) in [6.45, 7) is 0. The fourth-order valence-corrected chi connectivity index (χ4v) is 2.61. The highest BCUT2D eigenvalue weighted by molar-refractivity contribution is 6.63. The van der Waals surface area contributed by atoms with Crippen molar-refractivity contribution in [3.8, 4) is 0 Å². The third kappa shape index (κ3) is 1.59. The fourth-order valence-electron chi connectivity index (χ4n) is 0.714. The van der Waals surface area contributed by atoms with Crippen LogP contribution in [-0.2, 0) is 0 Å². The Bertz CT molecular complexity index is 207. The molecule has 0 aromatic rings. The maximum atomic E-state index is 5.74. The Balaban J connectivity index is 3.06. The highest BCUT2D eigenvalue weighted by Crippen LogP contribution is 2.51. The molecule has 64 valence electrons. The van der Waals surface area contributed by atoms with Gasteiger partial charge in [-0.05, 0) is 0 Å². The summed E-state index contributed by atoms with van der Waals surface area (Å²) in [5.74, 6) is 0. The van der Waals surface area contributed by atoms with Crippen molar-refractivity contribution in [2.75, 3.05) is 0 Å². The number of alkyl halides is 4. The van der Waals surface area contributed by atoms with Gasteiger partial charge in [0.15, 0.2) is 4.33 Å². The maximum Gasteiger partial charge on any atom is 0.172 e. The zero-order valence-corrected chi connectivity index (χ0v) is 9.46. The lowest BCUT2D eigenvalue weighted by Gasteiger charge is -2.18. The van der Waals surface area contributed by atoms with E-state index in [9.17, 15) is 0 Å². The minimum Gasteiger partial charge on any atom is -0.117 e. The molecule has 0 fully saturated rings. The van der Waals surface area contributed by atoms with Crippen LogP contribution in [0, 0.1) is 0 Å². The van der Waals surface area contributed by atoms with Gasteiger partial charge in [-0.15, -0.1) is 23.2 Å². The molecule has 2 unspecified atom stereocenters. The second kappa shape index (κ2) is 3.32. The van der Waals surface area contributed by atoms with Crippen molar-refractivity contribution in [1.82, 2.24) is 0 Å². The van der Waals surface area contributed by atoms with Crippen molar-refractivity contribution < 1.29 is 0 Å². The number of rotatable bonds is 0. The Morgan fingerprint density at radius 3 is 1.64 bits per heavy atom. The predicted octanol–water partition coefficient (Wildman–Crippen LogP) is 4.08. The first kappa shape index (κ1) is 10.6. The molecule has 1 rings (SSSR count). The van der Waals surface area contributed by atoms with Gasteiger partial charge in [0.25, 0.3) is 0 Å². The topological polar surface area (TPSA) is 0 Å². The Kier molecular flexibility index (Phi) is 3.19. The third-order valence-electron chi connectivity index (χ3n) is 1.35. The summed E-state index contributed by atoms with van der Waals surface area (Å²) in [5.41, 5.74) is 0. The molecule has 0 heterocycles. The van der Waals surface area contributed by atoms with E-state index in [0.29, 0.717) is 0 Å². The third-order valence-corrected chi connectivity index (χ3v) is 4.93. The second-order valence-electron chi connectivity index (χ2n) is 2.09. The van der Waals surface area contributed by atoms with E-state index in [0.717, 1.165) is 0 Å². The van der Waals surface area contributed by atoms with Crippen LogP contribution >= 0.6 is 69.6 Å². The van der Waals surface area contributed by atoms with Crippen molar-refractivity contribution in [2.45, 2.75) is 15.1 Å². The average molecular weight is 275 g/mol. The molecule has 0 bridgehead atoms. The van der Waals surface area contributed by atoms with Crippen molar-refractivity contribution in [3.05, 3.63) is 10.1 Å². The predicted molar refractivity (Wildman–Crippen MR) is 52.5 cm³/mol. The molecular weight excluding hydrogens is 273 g/mol. The summed E-state index contributed by atoms with van der Waals surface area (Å²) in [4.78, 5) is 0. The summed E-state index contributed by atoms with van der Waals surface area (Å²) in [6, 6.07) is 0. The quantitative estimate of drug-likeness (QED) is 0.584. The van der Waals surface area contributed by atoms with Crippen LogP contribution in [0.3, 0.4) is 0 Å². The van der Waals surface area contributed by atoms with E-state index in [1.807, 2.05) is 0 Å². The van der Waals surface area contributed by atoms with E-state index < -0.39 is 15.1 Å². The molecular formula is C5H2Cl6. The molecule has 0 nitrogen and oxygen atoms in total. The van der Waals surface area contributed by atoms with Gasteiger partial charge < -0.3 is 0 Å². The molecule has 1 aliphatic carbocycles. The van der Waals surface area contributed by atoms with Gasteiger partial charge in [-0.25, -0.2) is 0 Å². The van der Waals surface area contributed by atoms with E-state index in [2.05, 4.69) is 0 Å². The molecule has 0 spiro atoms. The van der Waals surface area contributed by atoms with E-state index in [1.165, 1.54) is 0 Å². The van der Waals surface area contributed by atoms with Crippen LogP contribution in [-0.4, -0.2) is 15.1 Å². The lowest BCUT2D eigenvalue weighted by Crippen LogP contribution is -2.27. The zero-order chi connectivity index (χ0) is 8.81. The van der Waals surface area contributed by atoms with Crippen molar-refractivity contribution >= 4 is 69.6 Å². The zero-order valence-electron chi connectivity index (χ0n) is 4.92. The highest BCUT2D eigenvalue weighted by atomic mass is 35.5. The van der Waals surface area contributed by atoms with E-state index in [4.69, 9.17) is 69.6 Å². The standard InChI is InChI=1S/C5H2Cl6/c6-1-2(7)4(9)5(10,11)3(1)8/h1,3H. The average Bonchev–Trinajstić information content (AvgIpc) is 2.06. The van der Waals surface area contributed by atoms with Gasteiger partial charge >= 0.3 is 0 Å². The molecule has 2 atom stereocenters. The molecule has 0 radical (unpaired) electrons.